The van der Waals surface area contributed by atoms with E-state index < -0.39 is 0 Å². The Morgan fingerprint density at radius 2 is 1.28 bits per heavy atom. The first kappa shape index (κ1) is 33.6. The molecule has 0 bridgehead atoms. The molecule has 0 fully saturated rings. The van der Waals surface area contributed by atoms with Gasteiger partial charge in [-0.1, -0.05) is 142 Å². The van der Waals surface area contributed by atoms with Crippen LogP contribution in [0.5, 0.6) is 0 Å². The average Bonchev–Trinajstić information content (AvgIpc) is 3.10. The van der Waals surface area contributed by atoms with Gasteiger partial charge in [0.25, 0.3) is 0 Å². The van der Waals surface area contributed by atoms with Gasteiger partial charge in [-0.2, -0.15) is 0 Å². The summed E-state index contributed by atoms with van der Waals surface area (Å²) in [6, 6.07) is 38.4. The minimum Gasteiger partial charge on any atom is -0.338 e. The molecule has 0 aliphatic rings. The Hall–Kier alpha value is -5.34. The number of para-hydroxylation sites is 1. The van der Waals surface area contributed by atoms with Crippen molar-refractivity contribution in [2.75, 3.05) is 16.3 Å². The molecule has 0 saturated heterocycles. The van der Waals surface area contributed by atoms with Crippen LogP contribution < -0.4 is 9.80 Å². The Kier molecular flexibility index (Phi) is 13.0. The predicted molar refractivity (Wildman–Crippen MR) is 203 cm³/mol. The number of allylic oxidation sites excluding steroid dienone is 9. The first-order valence-electron chi connectivity index (χ1n) is 16.1. The number of nitrogens with zero attached hydrogens (tertiary/aromatic N) is 2. The summed E-state index contributed by atoms with van der Waals surface area (Å²) in [7, 11) is 0. The summed E-state index contributed by atoms with van der Waals surface area (Å²) < 4.78 is 0. The van der Waals surface area contributed by atoms with Gasteiger partial charge in [-0.05, 0) is 91.1 Å². The molecule has 0 saturated carbocycles. The van der Waals surface area contributed by atoms with Crippen molar-refractivity contribution in [3.8, 4) is 11.1 Å². The molecule has 0 aliphatic carbocycles. The number of hydrogen-bond donors (Lipinski definition) is 0. The first-order valence-corrected chi connectivity index (χ1v) is 16.1. The topological polar surface area (TPSA) is 6.48 Å². The van der Waals surface area contributed by atoms with Crippen molar-refractivity contribution in [3.05, 3.63) is 194 Å². The zero-order valence-electron chi connectivity index (χ0n) is 27.5. The molecule has 4 aromatic rings. The van der Waals surface area contributed by atoms with Gasteiger partial charge >= 0.3 is 0 Å². The van der Waals surface area contributed by atoms with E-state index in [2.05, 4.69) is 189 Å². The highest BCUT2D eigenvalue weighted by Gasteiger charge is 2.12. The molecule has 2 nitrogen and oxygen atoms in total. The van der Waals surface area contributed by atoms with Crippen LogP contribution in [-0.4, -0.2) is 6.54 Å². The number of anilines is 3. The zero-order valence-corrected chi connectivity index (χ0v) is 27.5. The molecule has 0 amide bonds. The summed E-state index contributed by atoms with van der Waals surface area (Å²) in [5.41, 5.74) is 10.0. The lowest BCUT2D eigenvalue weighted by molar-refractivity contribution is 0.956. The molecule has 0 unspecified atom stereocenters. The third-order valence-corrected chi connectivity index (χ3v) is 7.64. The zero-order chi connectivity index (χ0) is 32.6. The van der Waals surface area contributed by atoms with Gasteiger partial charge in [0, 0.05) is 35.0 Å². The van der Waals surface area contributed by atoms with Crippen molar-refractivity contribution in [2.45, 2.75) is 33.6 Å². The van der Waals surface area contributed by atoms with Crippen LogP contribution in [0.3, 0.4) is 0 Å². The molecule has 46 heavy (non-hydrogen) atoms. The normalized spacial score (nSPS) is 12.2. The Balaban J connectivity index is 1.58. The van der Waals surface area contributed by atoms with Gasteiger partial charge in [0.1, 0.15) is 0 Å². The van der Waals surface area contributed by atoms with Gasteiger partial charge < -0.3 is 9.80 Å². The summed E-state index contributed by atoms with van der Waals surface area (Å²) in [5, 5.41) is 0. The van der Waals surface area contributed by atoms with E-state index >= 15 is 0 Å². The molecule has 4 rings (SSSR count). The van der Waals surface area contributed by atoms with Crippen LogP contribution in [0.1, 0.15) is 39.2 Å². The summed E-state index contributed by atoms with van der Waals surface area (Å²) in [6.07, 6.45) is 21.2. The molecule has 0 aliphatic heterocycles. The van der Waals surface area contributed by atoms with E-state index in [0.29, 0.717) is 6.54 Å². The minimum atomic E-state index is 0.715. The van der Waals surface area contributed by atoms with E-state index in [-0.39, 0.29) is 0 Å². The van der Waals surface area contributed by atoms with Gasteiger partial charge in [0.15, 0.2) is 0 Å². The van der Waals surface area contributed by atoms with Gasteiger partial charge in [-0.15, -0.1) is 0 Å². The number of benzene rings is 4. The van der Waals surface area contributed by atoms with Crippen LogP contribution in [-0.2, 0) is 0 Å². The Bertz CT molecular complexity index is 1680. The fraction of sp³-hybridized carbons (Fsp3) is 0.136. The molecular formula is C44H46N2. The maximum absolute atomic E-state index is 4.39. The van der Waals surface area contributed by atoms with Crippen molar-refractivity contribution >= 4 is 22.6 Å². The van der Waals surface area contributed by atoms with Gasteiger partial charge in [0.05, 0.1) is 0 Å². The van der Waals surface area contributed by atoms with Crippen LogP contribution in [0.4, 0.5) is 17.1 Å². The lowest BCUT2D eigenvalue weighted by Crippen LogP contribution is -2.21. The van der Waals surface area contributed by atoms with Crippen molar-refractivity contribution < 1.29 is 0 Å². The van der Waals surface area contributed by atoms with E-state index in [4.69, 9.17) is 0 Å². The Labute approximate surface area is 277 Å². The summed E-state index contributed by atoms with van der Waals surface area (Å²) in [6.45, 7) is 15.4. The molecule has 0 heterocycles. The summed E-state index contributed by atoms with van der Waals surface area (Å²) in [4.78, 5) is 4.53. The summed E-state index contributed by atoms with van der Waals surface area (Å²) >= 11 is 0. The second-order valence-electron chi connectivity index (χ2n) is 10.9. The SMILES string of the molecule is C=C/C=C(\C=C/CN(C(/C=C\C)=C/C)c1ccc(-c2ccccc2)cc1)c1ccc(N(C(=C)/C=C\CCC)c2ccccc2)cc1. The predicted octanol–water partition coefficient (Wildman–Crippen LogP) is 12.5. The molecular weight excluding hydrogens is 556 g/mol. The summed E-state index contributed by atoms with van der Waals surface area (Å²) in [5.74, 6) is 0. The van der Waals surface area contributed by atoms with Crippen LogP contribution in [0, 0.1) is 0 Å². The van der Waals surface area contributed by atoms with Crippen molar-refractivity contribution in [2.24, 2.45) is 0 Å². The quantitative estimate of drug-likeness (QED) is 0.125. The lowest BCUT2D eigenvalue weighted by Gasteiger charge is -2.26. The third-order valence-electron chi connectivity index (χ3n) is 7.64. The van der Waals surface area contributed by atoms with Crippen molar-refractivity contribution in [3.63, 3.8) is 0 Å². The van der Waals surface area contributed by atoms with Crippen LogP contribution >= 0.6 is 0 Å². The molecule has 232 valence electrons. The Morgan fingerprint density at radius 1 is 0.674 bits per heavy atom. The van der Waals surface area contributed by atoms with Crippen LogP contribution in [0.25, 0.3) is 16.7 Å². The molecule has 0 atom stereocenters. The molecule has 4 aromatic carbocycles. The van der Waals surface area contributed by atoms with Crippen molar-refractivity contribution in [1.82, 2.24) is 0 Å². The fourth-order valence-corrected chi connectivity index (χ4v) is 5.32. The van der Waals surface area contributed by atoms with Crippen LogP contribution in [0.15, 0.2) is 188 Å². The number of hydrogen-bond acceptors (Lipinski definition) is 2. The molecule has 0 N–H and O–H groups in total. The van der Waals surface area contributed by atoms with Gasteiger partial charge in [-0.3, -0.25) is 0 Å². The van der Waals surface area contributed by atoms with Crippen molar-refractivity contribution in [1.29, 1.82) is 0 Å². The van der Waals surface area contributed by atoms with E-state index in [1.165, 1.54) is 11.1 Å². The average molecular weight is 603 g/mol. The van der Waals surface area contributed by atoms with E-state index in [1.807, 2.05) is 18.2 Å². The van der Waals surface area contributed by atoms with Gasteiger partial charge in [-0.25, -0.2) is 0 Å². The fourth-order valence-electron chi connectivity index (χ4n) is 5.32. The second kappa shape index (κ2) is 17.8. The smallest absolute Gasteiger partial charge is 0.0461 e. The van der Waals surface area contributed by atoms with E-state index in [0.717, 1.165) is 52.4 Å². The monoisotopic (exact) mass is 602 g/mol. The maximum atomic E-state index is 4.39. The maximum Gasteiger partial charge on any atom is 0.0461 e. The number of rotatable bonds is 15. The second-order valence-corrected chi connectivity index (χ2v) is 10.9. The molecule has 0 radical (unpaired) electrons. The molecule has 0 spiro atoms. The van der Waals surface area contributed by atoms with E-state index in [1.54, 1.807) is 0 Å². The van der Waals surface area contributed by atoms with Gasteiger partial charge in [0.2, 0.25) is 0 Å². The minimum absolute atomic E-state index is 0.715. The highest BCUT2D eigenvalue weighted by Crippen LogP contribution is 2.31. The third kappa shape index (κ3) is 9.09. The molecule has 2 heteroatoms. The molecule has 0 aromatic heterocycles. The lowest BCUT2D eigenvalue weighted by atomic mass is 10.0. The van der Waals surface area contributed by atoms with E-state index in [9.17, 15) is 0 Å². The highest BCUT2D eigenvalue weighted by molar-refractivity contribution is 5.78. The highest BCUT2D eigenvalue weighted by atomic mass is 15.1. The first-order chi connectivity index (χ1) is 22.6. The van der Waals surface area contributed by atoms with Crippen LogP contribution in [0.2, 0.25) is 0 Å². The Morgan fingerprint density at radius 3 is 1.89 bits per heavy atom. The number of unbranched alkanes of at least 4 members (excludes halogenated alkanes) is 1. The largest absolute Gasteiger partial charge is 0.338 e. The standard InChI is InChI=1S/C44H46N2/c1-6-10-13-21-36(5)46(43-25-16-12-17-26-43)44-33-29-39(30-34-44)37(19-7-2)24-18-35-45(41(9-4)20-8-3)42-31-27-40(28-32-42)38-22-14-11-15-23-38/h7-9,11-34H,2,5-6,10,35H2,1,3-4H3/b20-8-,21-13-,24-18-,37-19+,41-9+.